The first-order chi connectivity index (χ1) is 10.2. The Morgan fingerprint density at radius 3 is 2.76 bits per heavy atom. The lowest BCUT2D eigenvalue weighted by molar-refractivity contribution is 0.0998. The fraction of sp³-hybridized carbons (Fsp3) is 0.684. The number of likely N-dealkylation sites (tertiary alicyclic amines) is 1. The molecule has 0 bridgehead atoms. The molecule has 0 amide bonds. The van der Waals surface area contributed by atoms with Gasteiger partial charge in [-0.2, -0.15) is 0 Å². The van der Waals surface area contributed by atoms with Gasteiger partial charge in [-0.25, -0.2) is 0 Å². The van der Waals surface area contributed by atoms with Gasteiger partial charge in [0.1, 0.15) is 0 Å². The van der Waals surface area contributed by atoms with E-state index >= 15 is 0 Å². The van der Waals surface area contributed by atoms with Crippen LogP contribution in [0.1, 0.15) is 50.5 Å². The predicted molar refractivity (Wildman–Crippen MR) is 89.4 cm³/mol. The monoisotopic (exact) mass is 286 g/mol. The van der Waals surface area contributed by atoms with Crippen molar-refractivity contribution in [1.82, 2.24) is 4.90 Å². The highest BCUT2D eigenvalue weighted by atomic mass is 15.2. The minimum Gasteiger partial charge on any atom is -0.330 e. The van der Waals surface area contributed by atoms with Crippen LogP contribution in [0.5, 0.6) is 0 Å². The normalized spacial score (nSPS) is 34.2. The molecule has 2 nitrogen and oxygen atoms in total. The van der Waals surface area contributed by atoms with Crippen molar-refractivity contribution >= 4 is 0 Å². The van der Waals surface area contributed by atoms with Crippen molar-refractivity contribution in [1.29, 1.82) is 0 Å². The Labute approximate surface area is 129 Å². The summed E-state index contributed by atoms with van der Waals surface area (Å²) >= 11 is 0. The summed E-state index contributed by atoms with van der Waals surface area (Å²) in [5.74, 6) is 1.58. The molecule has 0 spiro atoms. The van der Waals surface area contributed by atoms with Crippen LogP contribution < -0.4 is 5.73 Å². The van der Waals surface area contributed by atoms with Crippen molar-refractivity contribution in [2.45, 2.75) is 44.9 Å². The summed E-state index contributed by atoms with van der Waals surface area (Å²) < 4.78 is 0. The number of nitrogens with zero attached hydrogens (tertiary/aromatic N) is 1. The zero-order chi connectivity index (χ0) is 14.7. The predicted octanol–water partition coefficient (Wildman–Crippen LogP) is 3.63. The van der Waals surface area contributed by atoms with Gasteiger partial charge in [-0.15, -0.1) is 0 Å². The van der Waals surface area contributed by atoms with E-state index in [-0.39, 0.29) is 0 Å². The molecule has 3 atom stereocenters. The maximum atomic E-state index is 6.20. The van der Waals surface area contributed by atoms with Crippen molar-refractivity contribution in [2.75, 3.05) is 26.2 Å². The first kappa shape index (κ1) is 15.1. The standard InChI is InChI=1S/C19H30N2/c1-16-6-5-10-19(12-16,14-20)15-21-11-9-18(13-21)17-7-3-2-4-8-17/h2-4,7-8,16,18H,5-6,9-15,20H2,1H3. The fourth-order valence-corrected chi connectivity index (χ4v) is 4.61. The van der Waals surface area contributed by atoms with E-state index in [4.69, 9.17) is 5.73 Å². The average Bonchev–Trinajstić information content (AvgIpc) is 2.96. The van der Waals surface area contributed by atoms with Gasteiger partial charge in [0.15, 0.2) is 0 Å². The van der Waals surface area contributed by atoms with E-state index in [9.17, 15) is 0 Å². The first-order valence-corrected chi connectivity index (χ1v) is 8.68. The van der Waals surface area contributed by atoms with Crippen molar-refractivity contribution < 1.29 is 0 Å². The molecule has 1 heterocycles. The molecule has 0 aromatic heterocycles. The summed E-state index contributed by atoms with van der Waals surface area (Å²) in [6.07, 6.45) is 6.74. The Hall–Kier alpha value is -0.860. The van der Waals surface area contributed by atoms with Crippen LogP contribution in [-0.4, -0.2) is 31.1 Å². The van der Waals surface area contributed by atoms with Gasteiger partial charge in [0.25, 0.3) is 0 Å². The average molecular weight is 286 g/mol. The van der Waals surface area contributed by atoms with Crippen molar-refractivity contribution in [3.63, 3.8) is 0 Å². The largest absolute Gasteiger partial charge is 0.330 e. The number of rotatable bonds is 4. The van der Waals surface area contributed by atoms with Gasteiger partial charge in [0.2, 0.25) is 0 Å². The number of nitrogens with two attached hydrogens (primary N) is 1. The summed E-state index contributed by atoms with van der Waals surface area (Å²) in [5, 5.41) is 0. The quantitative estimate of drug-likeness (QED) is 0.916. The molecule has 2 aliphatic rings. The zero-order valence-electron chi connectivity index (χ0n) is 13.4. The summed E-state index contributed by atoms with van der Waals surface area (Å²) in [7, 11) is 0. The van der Waals surface area contributed by atoms with Crippen LogP contribution in [0.15, 0.2) is 30.3 Å². The molecule has 1 aliphatic heterocycles. The number of benzene rings is 1. The smallest absolute Gasteiger partial charge is 0.00510 e. The molecule has 21 heavy (non-hydrogen) atoms. The molecule has 1 aromatic rings. The second-order valence-corrected chi connectivity index (χ2v) is 7.54. The van der Waals surface area contributed by atoms with Crippen LogP contribution in [0.2, 0.25) is 0 Å². The molecule has 2 fully saturated rings. The molecule has 1 saturated heterocycles. The van der Waals surface area contributed by atoms with Gasteiger partial charge in [0, 0.05) is 13.1 Å². The molecule has 2 heteroatoms. The Balaban J connectivity index is 1.61. The maximum absolute atomic E-state index is 6.20. The van der Waals surface area contributed by atoms with Crippen LogP contribution in [0.4, 0.5) is 0 Å². The summed E-state index contributed by atoms with van der Waals surface area (Å²) in [5.41, 5.74) is 8.10. The lowest BCUT2D eigenvalue weighted by Crippen LogP contribution is -2.44. The molecule has 2 N–H and O–H groups in total. The third-order valence-electron chi connectivity index (χ3n) is 5.72. The Kier molecular flexibility index (Phi) is 4.66. The Bertz CT molecular complexity index is 444. The lowest BCUT2D eigenvalue weighted by Gasteiger charge is -2.42. The molecule has 0 radical (unpaired) electrons. The minimum absolute atomic E-state index is 0.392. The molecule has 116 valence electrons. The van der Waals surface area contributed by atoms with Gasteiger partial charge in [-0.1, -0.05) is 50.1 Å². The molecular formula is C19H30N2. The second-order valence-electron chi connectivity index (χ2n) is 7.54. The highest BCUT2D eigenvalue weighted by Crippen LogP contribution is 2.40. The summed E-state index contributed by atoms with van der Waals surface area (Å²) in [6, 6.07) is 11.0. The Morgan fingerprint density at radius 2 is 2.05 bits per heavy atom. The molecule has 1 saturated carbocycles. The maximum Gasteiger partial charge on any atom is 0.00510 e. The van der Waals surface area contributed by atoms with Crippen LogP contribution in [0.25, 0.3) is 0 Å². The number of hydrogen-bond acceptors (Lipinski definition) is 2. The van der Waals surface area contributed by atoms with Crippen molar-refractivity contribution in [3.8, 4) is 0 Å². The van der Waals surface area contributed by atoms with Gasteiger partial charge in [-0.05, 0) is 55.2 Å². The van der Waals surface area contributed by atoms with E-state index in [1.807, 2.05) is 0 Å². The zero-order valence-corrected chi connectivity index (χ0v) is 13.4. The molecular weight excluding hydrogens is 256 g/mol. The number of hydrogen-bond donors (Lipinski definition) is 1. The van der Waals surface area contributed by atoms with E-state index in [0.29, 0.717) is 5.41 Å². The summed E-state index contributed by atoms with van der Waals surface area (Å²) in [4.78, 5) is 2.68. The lowest BCUT2D eigenvalue weighted by atomic mass is 9.70. The van der Waals surface area contributed by atoms with Crippen LogP contribution in [0.3, 0.4) is 0 Å². The van der Waals surface area contributed by atoms with Crippen molar-refractivity contribution in [2.24, 2.45) is 17.1 Å². The van der Waals surface area contributed by atoms with Gasteiger partial charge in [0.05, 0.1) is 0 Å². The minimum atomic E-state index is 0.392. The van der Waals surface area contributed by atoms with E-state index in [0.717, 1.165) is 18.4 Å². The van der Waals surface area contributed by atoms with E-state index in [2.05, 4.69) is 42.2 Å². The van der Waals surface area contributed by atoms with Crippen LogP contribution in [0, 0.1) is 11.3 Å². The highest BCUT2D eigenvalue weighted by molar-refractivity contribution is 5.21. The Morgan fingerprint density at radius 1 is 1.24 bits per heavy atom. The van der Waals surface area contributed by atoms with Crippen LogP contribution in [-0.2, 0) is 0 Å². The molecule has 3 unspecified atom stereocenters. The molecule has 3 rings (SSSR count). The first-order valence-electron chi connectivity index (χ1n) is 8.68. The van der Waals surface area contributed by atoms with Crippen LogP contribution >= 0.6 is 0 Å². The van der Waals surface area contributed by atoms with Gasteiger partial charge in [-0.3, -0.25) is 0 Å². The van der Waals surface area contributed by atoms with E-state index in [1.165, 1.54) is 57.3 Å². The fourth-order valence-electron chi connectivity index (χ4n) is 4.61. The third kappa shape index (κ3) is 3.49. The van der Waals surface area contributed by atoms with E-state index < -0.39 is 0 Å². The topological polar surface area (TPSA) is 29.3 Å². The van der Waals surface area contributed by atoms with E-state index in [1.54, 1.807) is 0 Å². The molecule has 1 aliphatic carbocycles. The SMILES string of the molecule is CC1CCCC(CN)(CN2CCC(c3ccccc3)C2)C1. The van der Waals surface area contributed by atoms with Gasteiger partial charge < -0.3 is 10.6 Å². The third-order valence-corrected chi connectivity index (χ3v) is 5.72. The summed E-state index contributed by atoms with van der Waals surface area (Å²) in [6.45, 7) is 6.96. The van der Waals surface area contributed by atoms with Crippen molar-refractivity contribution in [3.05, 3.63) is 35.9 Å². The highest BCUT2D eigenvalue weighted by Gasteiger charge is 2.37. The second kappa shape index (κ2) is 6.50. The molecule has 1 aromatic carbocycles. The van der Waals surface area contributed by atoms with Gasteiger partial charge >= 0.3 is 0 Å².